The number of ether oxygens (including phenoxy) is 1. The largest absolute Gasteiger partial charge is 0.462 e. The molecule has 1 aliphatic rings. The van der Waals surface area contributed by atoms with E-state index in [0.717, 1.165) is 4.47 Å². The molecule has 1 atom stereocenters. The Balaban J connectivity index is 2.09. The van der Waals surface area contributed by atoms with Crippen LogP contribution in [0.1, 0.15) is 24.7 Å². The van der Waals surface area contributed by atoms with Gasteiger partial charge in [-0.2, -0.15) is 0 Å². The maximum Gasteiger partial charge on any atom is 0.302 e. The quantitative estimate of drug-likeness (QED) is 0.751. The maximum atomic E-state index is 12.5. The summed E-state index contributed by atoms with van der Waals surface area (Å²) in [7, 11) is 0. The van der Waals surface area contributed by atoms with Crippen LogP contribution in [0.25, 0.3) is 11.0 Å². The van der Waals surface area contributed by atoms with E-state index in [-0.39, 0.29) is 17.5 Å². The van der Waals surface area contributed by atoms with Crippen LogP contribution in [0.15, 0.2) is 31.9 Å². The number of carbonyl (C=O) groups is 1. The maximum absolute atomic E-state index is 12.5. The molecule has 104 valence electrons. The standard InChI is InChI=1S/C15H13BrO4/c1-8(17)19-10-3-5-14-12(7-10)15(18)11-6-9(16)2-4-13(11)20-14/h2,4,6,10H,3,5,7H2,1H3. The molecule has 2 aromatic rings. The van der Waals surface area contributed by atoms with Crippen molar-refractivity contribution in [2.75, 3.05) is 0 Å². The molecule has 0 saturated carbocycles. The molecule has 1 aromatic heterocycles. The summed E-state index contributed by atoms with van der Waals surface area (Å²) in [4.78, 5) is 23.6. The van der Waals surface area contributed by atoms with Crippen molar-refractivity contribution in [2.24, 2.45) is 0 Å². The van der Waals surface area contributed by atoms with Crippen LogP contribution >= 0.6 is 15.9 Å². The van der Waals surface area contributed by atoms with E-state index in [0.29, 0.717) is 41.6 Å². The second-order valence-corrected chi connectivity index (χ2v) is 5.86. The molecule has 1 aliphatic carbocycles. The first-order chi connectivity index (χ1) is 9.54. The van der Waals surface area contributed by atoms with Crippen molar-refractivity contribution in [2.45, 2.75) is 32.3 Å². The van der Waals surface area contributed by atoms with Gasteiger partial charge in [0.1, 0.15) is 17.4 Å². The molecule has 5 heteroatoms. The smallest absolute Gasteiger partial charge is 0.302 e. The van der Waals surface area contributed by atoms with Gasteiger partial charge in [-0.05, 0) is 24.6 Å². The fourth-order valence-corrected chi connectivity index (χ4v) is 2.98. The van der Waals surface area contributed by atoms with Gasteiger partial charge in [-0.3, -0.25) is 9.59 Å². The van der Waals surface area contributed by atoms with Crippen LogP contribution in [0.4, 0.5) is 0 Å². The Bertz CT molecular complexity index is 747. The summed E-state index contributed by atoms with van der Waals surface area (Å²) in [5, 5.41) is 0.557. The van der Waals surface area contributed by atoms with Crippen molar-refractivity contribution in [1.82, 2.24) is 0 Å². The van der Waals surface area contributed by atoms with E-state index in [2.05, 4.69) is 15.9 Å². The van der Waals surface area contributed by atoms with E-state index in [1.165, 1.54) is 6.92 Å². The third-order valence-corrected chi connectivity index (χ3v) is 3.98. The van der Waals surface area contributed by atoms with Gasteiger partial charge in [0.25, 0.3) is 0 Å². The predicted octanol–water partition coefficient (Wildman–Crippen LogP) is 2.98. The van der Waals surface area contributed by atoms with Gasteiger partial charge in [0.2, 0.25) is 0 Å². The minimum atomic E-state index is -0.314. The summed E-state index contributed by atoms with van der Waals surface area (Å²) in [5.41, 5.74) is 1.20. The number of esters is 1. The van der Waals surface area contributed by atoms with Crippen LogP contribution in [0.5, 0.6) is 0 Å². The van der Waals surface area contributed by atoms with E-state index in [1.807, 2.05) is 6.07 Å². The van der Waals surface area contributed by atoms with Gasteiger partial charge in [-0.15, -0.1) is 0 Å². The van der Waals surface area contributed by atoms with Gasteiger partial charge in [0.05, 0.1) is 5.39 Å². The van der Waals surface area contributed by atoms with Gasteiger partial charge in [0, 0.05) is 29.8 Å². The van der Waals surface area contributed by atoms with E-state index in [4.69, 9.17) is 9.15 Å². The predicted molar refractivity (Wildman–Crippen MR) is 77.8 cm³/mol. The molecule has 0 bridgehead atoms. The van der Waals surface area contributed by atoms with E-state index < -0.39 is 0 Å². The minimum absolute atomic E-state index is 0.0283. The average Bonchev–Trinajstić information content (AvgIpc) is 2.40. The first-order valence-corrected chi connectivity index (χ1v) is 7.25. The van der Waals surface area contributed by atoms with Crippen LogP contribution in [-0.4, -0.2) is 12.1 Å². The molecule has 0 amide bonds. The molecule has 0 aliphatic heterocycles. The Kier molecular flexibility index (Phi) is 3.38. The Morgan fingerprint density at radius 2 is 2.25 bits per heavy atom. The average molecular weight is 337 g/mol. The Morgan fingerprint density at radius 1 is 1.45 bits per heavy atom. The Hall–Kier alpha value is -1.62. The number of aryl methyl sites for hydroxylation is 1. The van der Waals surface area contributed by atoms with Gasteiger partial charge < -0.3 is 9.15 Å². The molecule has 0 N–H and O–H groups in total. The van der Waals surface area contributed by atoms with E-state index in [9.17, 15) is 9.59 Å². The normalized spacial score (nSPS) is 17.8. The highest BCUT2D eigenvalue weighted by atomic mass is 79.9. The number of rotatable bonds is 1. The lowest BCUT2D eigenvalue weighted by Crippen LogP contribution is -2.29. The van der Waals surface area contributed by atoms with Crippen molar-refractivity contribution < 1.29 is 13.9 Å². The first-order valence-electron chi connectivity index (χ1n) is 6.46. The van der Waals surface area contributed by atoms with Crippen LogP contribution < -0.4 is 5.43 Å². The fraction of sp³-hybridized carbons (Fsp3) is 0.333. The van der Waals surface area contributed by atoms with Gasteiger partial charge in [0.15, 0.2) is 5.43 Å². The second-order valence-electron chi connectivity index (χ2n) is 4.95. The number of fused-ring (bicyclic) bond motifs is 2. The molecule has 0 spiro atoms. The van der Waals surface area contributed by atoms with Crippen molar-refractivity contribution >= 4 is 32.9 Å². The number of carbonyl (C=O) groups excluding carboxylic acids is 1. The summed E-state index contributed by atoms with van der Waals surface area (Å²) < 4.78 is 11.9. The third-order valence-electron chi connectivity index (χ3n) is 3.49. The highest BCUT2D eigenvalue weighted by Gasteiger charge is 2.26. The molecular formula is C15H13BrO4. The molecule has 4 nitrogen and oxygen atoms in total. The number of hydrogen-bond acceptors (Lipinski definition) is 4. The second kappa shape index (κ2) is 5.05. The fourth-order valence-electron chi connectivity index (χ4n) is 2.62. The Morgan fingerprint density at radius 3 is 3.00 bits per heavy atom. The summed E-state index contributed by atoms with van der Waals surface area (Å²) in [6, 6.07) is 5.40. The number of hydrogen-bond donors (Lipinski definition) is 0. The van der Waals surface area contributed by atoms with Crippen LogP contribution in [0.2, 0.25) is 0 Å². The van der Waals surface area contributed by atoms with Crippen molar-refractivity contribution in [3.8, 4) is 0 Å². The number of benzene rings is 1. The SMILES string of the molecule is CC(=O)OC1CCc2oc3ccc(Br)cc3c(=O)c2C1. The molecule has 0 radical (unpaired) electrons. The molecule has 1 unspecified atom stereocenters. The number of halogens is 1. The van der Waals surface area contributed by atoms with Crippen LogP contribution in [-0.2, 0) is 22.4 Å². The lowest BCUT2D eigenvalue weighted by Gasteiger charge is -2.23. The van der Waals surface area contributed by atoms with Crippen molar-refractivity contribution in [1.29, 1.82) is 0 Å². The summed E-state index contributed by atoms with van der Waals surface area (Å²) in [6.07, 6.45) is 1.51. The summed E-state index contributed by atoms with van der Waals surface area (Å²) >= 11 is 3.36. The van der Waals surface area contributed by atoms with E-state index >= 15 is 0 Å². The lowest BCUT2D eigenvalue weighted by atomic mass is 9.93. The zero-order valence-corrected chi connectivity index (χ0v) is 12.5. The zero-order valence-electron chi connectivity index (χ0n) is 10.9. The van der Waals surface area contributed by atoms with Crippen molar-refractivity contribution in [3.05, 3.63) is 44.2 Å². The van der Waals surface area contributed by atoms with Gasteiger partial charge in [-0.25, -0.2) is 0 Å². The molecule has 1 aromatic carbocycles. The minimum Gasteiger partial charge on any atom is -0.462 e. The molecule has 20 heavy (non-hydrogen) atoms. The molecule has 1 heterocycles. The summed E-state index contributed by atoms with van der Waals surface area (Å²) in [5.74, 6) is 0.402. The van der Waals surface area contributed by atoms with Crippen LogP contribution in [0.3, 0.4) is 0 Å². The molecule has 3 rings (SSSR count). The third kappa shape index (κ3) is 2.38. The monoisotopic (exact) mass is 336 g/mol. The highest BCUT2D eigenvalue weighted by molar-refractivity contribution is 9.10. The molecule has 0 fully saturated rings. The Labute approximate surface area is 123 Å². The van der Waals surface area contributed by atoms with Gasteiger partial charge in [-0.1, -0.05) is 15.9 Å². The molecular weight excluding hydrogens is 324 g/mol. The zero-order chi connectivity index (χ0) is 14.3. The molecule has 0 saturated heterocycles. The first kappa shape index (κ1) is 13.4. The van der Waals surface area contributed by atoms with E-state index in [1.54, 1.807) is 12.1 Å². The topological polar surface area (TPSA) is 56.5 Å². The lowest BCUT2D eigenvalue weighted by molar-refractivity contribution is -0.146. The summed E-state index contributed by atoms with van der Waals surface area (Å²) in [6.45, 7) is 1.38. The van der Waals surface area contributed by atoms with Gasteiger partial charge >= 0.3 is 5.97 Å². The van der Waals surface area contributed by atoms with Crippen molar-refractivity contribution in [3.63, 3.8) is 0 Å². The van der Waals surface area contributed by atoms with Crippen LogP contribution in [0, 0.1) is 0 Å². The highest BCUT2D eigenvalue weighted by Crippen LogP contribution is 2.26.